The second-order valence-electron chi connectivity index (χ2n) is 4.09. The number of hydrogen-bond acceptors (Lipinski definition) is 7. The van der Waals surface area contributed by atoms with Crippen molar-refractivity contribution < 1.29 is 9.34 Å². The highest BCUT2D eigenvalue weighted by molar-refractivity contribution is 7.98. The number of nitro groups is 1. The van der Waals surface area contributed by atoms with Gasteiger partial charge in [0.2, 0.25) is 5.95 Å². The zero-order chi connectivity index (χ0) is 14.0. The van der Waals surface area contributed by atoms with Crippen molar-refractivity contribution in [3.05, 3.63) is 28.0 Å². The fourth-order valence-corrected chi connectivity index (χ4v) is 2.52. The predicted molar refractivity (Wildman–Crippen MR) is 69.7 cm³/mol. The quantitative estimate of drug-likeness (QED) is 0.508. The molecule has 102 valence electrons. The monoisotopic (exact) mass is 283 g/mol. The van der Waals surface area contributed by atoms with E-state index >= 15 is 0 Å². The van der Waals surface area contributed by atoms with E-state index in [0.717, 1.165) is 0 Å². The molecule has 19 heavy (non-hydrogen) atoms. The van der Waals surface area contributed by atoms with E-state index in [1.165, 1.54) is 17.8 Å². The Kier molecular flexibility index (Phi) is 3.74. The predicted octanol–water partition coefficient (Wildman–Crippen LogP) is 2.23. The first kappa shape index (κ1) is 13.4. The lowest BCUT2D eigenvalue weighted by Gasteiger charge is -2.10. The summed E-state index contributed by atoms with van der Waals surface area (Å²) in [6.07, 6.45) is 0. The van der Waals surface area contributed by atoms with Gasteiger partial charge in [-0.3, -0.25) is 14.7 Å². The minimum absolute atomic E-state index is 0.142. The maximum Gasteiger partial charge on any atom is 0.433 e. The van der Waals surface area contributed by atoms with Crippen LogP contribution in [0.4, 0.5) is 11.8 Å². The van der Waals surface area contributed by atoms with Crippen LogP contribution in [0.3, 0.4) is 0 Å². The summed E-state index contributed by atoms with van der Waals surface area (Å²) >= 11 is 1.37. The molecule has 0 spiro atoms. The van der Waals surface area contributed by atoms with Gasteiger partial charge in [0.05, 0.1) is 11.8 Å². The topological polar surface area (TPSA) is 113 Å². The fourth-order valence-electron chi connectivity index (χ4n) is 1.55. The Labute approximate surface area is 113 Å². The maximum absolute atomic E-state index is 10.5. The minimum Gasteiger partial charge on any atom is -0.405 e. The number of aromatic nitrogens is 3. The van der Waals surface area contributed by atoms with Crippen molar-refractivity contribution in [3.8, 4) is 0 Å². The third-order valence-electron chi connectivity index (χ3n) is 2.38. The highest BCUT2D eigenvalue weighted by atomic mass is 32.2. The SMILES string of the molecule is CC(C)n1c(N)nnc1SCc1ccc([N+](=O)[O-])o1. The summed E-state index contributed by atoms with van der Waals surface area (Å²) in [4.78, 5) is 9.93. The Morgan fingerprint density at radius 3 is 2.84 bits per heavy atom. The van der Waals surface area contributed by atoms with Gasteiger partial charge in [0.25, 0.3) is 0 Å². The number of thioether (sulfide) groups is 1. The van der Waals surface area contributed by atoms with Crippen LogP contribution in [0.5, 0.6) is 0 Å². The molecule has 0 saturated carbocycles. The molecule has 0 atom stereocenters. The van der Waals surface area contributed by atoms with E-state index in [1.54, 1.807) is 10.6 Å². The Hall–Kier alpha value is -2.03. The van der Waals surface area contributed by atoms with Crippen LogP contribution in [0, 0.1) is 10.1 Å². The van der Waals surface area contributed by atoms with Crippen molar-refractivity contribution in [1.29, 1.82) is 0 Å². The molecule has 2 rings (SSSR count). The Balaban J connectivity index is 2.08. The van der Waals surface area contributed by atoms with Crippen molar-refractivity contribution in [3.63, 3.8) is 0 Å². The summed E-state index contributed by atoms with van der Waals surface area (Å²) in [5, 5.41) is 18.9. The largest absolute Gasteiger partial charge is 0.433 e. The minimum atomic E-state index is -0.567. The van der Waals surface area contributed by atoms with E-state index in [2.05, 4.69) is 10.2 Å². The van der Waals surface area contributed by atoms with Crippen molar-refractivity contribution in [2.24, 2.45) is 0 Å². The first-order chi connectivity index (χ1) is 8.99. The molecule has 2 heterocycles. The Bertz CT molecular complexity index is 592. The summed E-state index contributed by atoms with van der Waals surface area (Å²) in [6, 6.07) is 3.05. The van der Waals surface area contributed by atoms with Crippen LogP contribution in [0.2, 0.25) is 0 Å². The molecule has 2 N–H and O–H groups in total. The molecule has 0 fully saturated rings. The summed E-state index contributed by atoms with van der Waals surface area (Å²) in [5.41, 5.74) is 5.72. The molecule has 0 unspecified atom stereocenters. The summed E-state index contributed by atoms with van der Waals surface area (Å²) in [5.74, 6) is 1.02. The second kappa shape index (κ2) is 5.31. The molecule has 9 heteroatoms. The zero-order valence-corrected chi connectivity index (χ0v) is 11.3. The number of nitrogens with two attached hydrogens (primary N) is 1. The van der Waals surface area contributed by atoms with Gasteiger partial charge in [-0.2, -0.15) is 0 Å². The number of nitrogen functional groups attached to an aromatic ring is 1. The first-order valence-corrected chi connectivity index (χ1v) is 6.54. The molecular weight excluding hydrogens is 270 g/mol. The molecule has 0 aliphatic carbocycles. The van der Waals surface area contributed by atoms with Crippen LogP contribution >= 0.6 is 11.8 Å². The molecule has 2 aromatic heterocycles. The van der Waals surface area contributed by atoms with E-state index in [-0.39, 0.29) is 11.9 Å². The van der Waals surface area contributed by atoms with Crippen molar-refractivity contribution in [2.45, 2.75) is 30.8 Å². The third kappa shape index (κ3) is 2.87. The van der Waals surface area contributed by atoms with E-state index in [0.29, 0.717) is 22.6 Å². The number of rotatable bonds is 5. The van der Waals surface area contributed by atoms with Gasteiger partial charge in [0.15, 0.2) is 5.16 Å². The second-order valence-corrected chi connectivity index (χ2v) is 5.03. The van der Waals surface area contributed by atoms with Gasteiger partial charge in [-0.1, -0.05) is 11.8 Å². The van der Waals surface area contributed by atoms with Crippen molar-refractivity contribution in [1.82, 2.24) is 14.8 Å². The molecule has 8 nitrogen and oxygen atoms in total. The fraction of sp³-hybridized carbons (Fsp3) is 0.400. The lowest BCUT2D eigenvalue weighted by molar-refractivity contribution is -0.402. The molecule has 0 saturated heterocycles. The van der Waals surface area contributed by atoms with Crippen molar-refractivity contribution >= 4 is 23.6 Å². The van der Waals surface area contributed by atoms with Crippen LogP contribution in [0.1, 0.15) is 25.6 Å². The summed E-state index contributed by atoms with van der Waals surface area (Å²) in [7, 11) is 0. The standard InChI is InChI=1S/C10H13N5O3S/c1-6(2)14-9(11)12-13-10(14)19-5-7-3-4-8(18-7)15(16)17/h3-4,6H,5H2,1-2H3,(H2,11,12). The number of hydrogen-bond donors (Lipinski definition) is 1. The smallest absolute Gasteiger partial charge is 0.405 e. The van der Waals surface area contributed by atoms with Crippen LogP contribution < -0.4 is 5.73 Å². The average molecular weight is 283 g/mol. The molecule has 0 aliphatic rings. The van der Waals surface area contributed by atoms with Crippen molar-refractivity contribution in [2.75, 3.05) is 5.73 Å². The van der Waals surface area contributed by atoms with Gasteiger partial charge in [0.1, 0.15) is 10.7 Å². The summed E-state index contributed by atoms with van der Waals surface area (Å²) < 4.78 is 6.86. The number of nitrogens with zero attached hydrogens (tertiary/aromatic N) is 4. The highest BCUT2D eigenvalue weighted by Gasteiger charge is 2.15. The lowest BCUT2D eigenvalue weighted by Crippen LogP contribution is -2.06. The van der Waals surface area contributed by atoms with Gasteiger partial charge in [0, 0.05) is 6.04 Å². The van der Waals surface area contributed by atoms with Gasteiger partial charge < -0.3 is 10.2 Å². The van der Waals surface area contributed by atoms with Gasteiger partial charge in [-0.25, -0.2) is 0 Å². The van der Waals surface area contributed by atoms with Crippen LogP contribution in [0.25, 0.3) is 0 Å². The third-order valence-corrected chi connectivity index (χ3v) is 3.34. The Morgan fingerprint density at radius 1 is 1.53 bits per heavy atom. The van der Waals surface area contributed by atoms with Crippen LogP contribution in [-0.2, 0) is 5.75 Å². The molecule has 0 amide bonds. The normalized spacial score (nSPS) is 11.1. The lowest BCUT2D eigenvalue weighted by atomic mass is 10.4. The molecule has 0 aliphatic heterocycles. The van der Waals surface area contributed by atoms with E-state index in [9.17, 15) is 10.1 Å². The molecule has 0 aromatic carbocycles. The molecule has 0 bridgehead atoms. The van der Waals surface area contributed by atoms with E-state index in [1.807, 2.05) is 13.8 Å². The van der Waals surface area contributed by atoms with E-state index < -0.39 is 4.92 Å². The first-order valence-electron chi connectivity index (χ1n) is 5.55. The molecule has 0 radical (unpaired) electrons. The summed E-state index contributed by atoms with van der Waals surface area (Å²) in [6.45, 7) is 3.95. The zero-order valence-electron chi connectivity index (χ0n) is 10.4. The van der Waals surface area contributed by atoms with Crippen LogP contribution in [-0.4, -0.2) is 19.7 Å². The van der Waals surface area contributed by atoms with Crippen LogP contribution in [0.15, 0.2) is 21.7 Å². The average Bonchev–Trinajstić information content (AvgIpc) is 2.92. The number of anilines is 1. The number of furan rings is 1. The maximum atomic E-state index is 10.5. The molecule has 2 aromatic rings. The molecular formula is C10H13N5O3S. The van der Waals surface area contributed by atoms with Gasteiger partial charge in [-0.15, -0.1) is 10.2 Å². The Morgan fingerprint density at radius 2 is 2.26 bits per heavy atom. The van der Waals surface area contributed by atoms with Gasteiger partial charge >= 0.3 is 5.88 Å². The van der Waals surface area contributed by atoms with E-state index in [4.69, 9.17) is 10.2 Å². The van der Waals surface area contributed by atoms with Gasteiger partial charge in [-0.05, 0) is 19.9 Å². The highest BCUT2D eigenvalue weighted by Crippen LogP contribution is 2.27.